The van der Waals surface area contributed by atoms with Crippen molar-refractivity contribution in [1.29, 1.82) is 0 Å². The van der Waals surface area contributed by atoms with E-state index < -0.39 is 0 Å². The Morgan fingerprint density at radius 3 is 2.81 bits per heavy atom. The van der Waals surface area contributed by atoms with Crippen LogP contribution in [0.15, 0.2) is 66.9 Å². The van der Waals surface area contributed by atoms with Crippen molar-refractivity contribution < 1.29 is 9.13 Å². The first-order valence-corrected chi connectivity index (χ1v) is 12.9. The van der Waals surface area contributed by atoms with Crippen LogP contribution in [-0.4, -0.2) is 26.1 Å². The van der Waals surface area contributed by atoms with Crippen LogP contribution in [0.5, 0.6) is 0 Å². The third-order valence-corrected chi connectivity index (χ3v) is 7.08. The number of hydrogen-bond acceptors (Lipinski definition) is 4. The zero-order chi connectivity index (χ0) is 25.4. The Balaban J connectivity index is 1.40. The molecule has 1 aliphatic heterocycles. The van der Waals surface area contributed by atoms with Crippen molar-refractivity contribution in [3.8, 4) is 22.6 Å². The topological polar surface area (TPSA) is 67.8 Å². The summed E-state index contributed by atoms with van der Waals surface area (Å²) in [6.07, 6.45) is 5.17. The number of nitrogens with zero attached hydrogens (tertiary/aromatic N) is 3. The Kier molecular flexibility index (Phi) is 6.40. The molecule has 0 saturated carbocycles. The average Bonchev–Trinajstić information content (AvgIpc) is 3.50. The molecule has 1 unspecified atom stereocenters. The number of rotatable bonds is 6. The minimum Gasteiger partial charge on any atom is -0.358 e. The van der Waals surface area contributed by atoms with E-state index in [0.717, 1.165) is 65.1 Å². The van der Waals surface area contributed by atoms with Gasteiger partial charge in [0.25, 0.3) is 0 Å². The predicted octanol–water partition coefficient (Wildman–Crippen LogP) is 7.51. The molecule has 5 aromatic rings. The number of aryl methyl sites for hydroxylation is 1. The van der Waals surface area contributed by atoms with Gasteiger partial charge >= 0.3 is 0 Å². The molecule has 0 radical (unpaired) electrons. The van der Waals surface area contributed by atoms with Crippen LogP contribution in [0.1, 0.15) is 36.7 Å². The molecule has 0 aliphatic carbocycles. The number of anilines is 1. The average molecular weight is 516 g/mol. The minimum atomic E-state index is -0.256. The van der Waals surface area contributed by atoms with E-state index in [-0.39, 0.29) is 12.0 Å². The van der Waals surface area contributed by atoms with Gasteiger partial charge in [0.15, 0.2) is 0 Å². The molecule has 188 valence electrons. The quantitative estimate of drug-likeness (QED) is 0.245. The summed E-state index contributed by atoms with van der Waals surface area (Å²) in [5.41, 5.74) is 5.71. The number of benzene rings is 2. The number of nitrogens with one attached hydrogen (secondary N) is 2. The second-order valence-electron chi connectivity index (χ2n) is 9.36. The van der Waals surface area contributed by atoms with Crippen LogP contribution in [0, 0.1) is 12.7 Å². The first-order chi connectivity index (χ1) is 18.1. The molecule has 6 nitrogen and oxygen atoms in total. The predicted molar refractivity (Wildman–Crippen MR) is 145 cm³/mol. The summed E-state index contributed by atoms with van der Waals surface area (Å²) < 4.78 is 22.3. The van der Waals surface area contributed by atoms with E-state index in [1.807, 2.05) is 43.5 Å². The SMILES string of the molecule is Cc1cccc(-c2[nH]c(NCc3ccccc3F)nc2-c2ccc3c(c2)c(Cl)cn3C2CCCCO2)n1. The highest BCUT2D eigenvalue weighted by molar-refractivity contribution is 6.35. The van der Waals surface area contributed by atoms with Gasteiger partial charge in [-0.3, -0.25) is 4.98 Å². The number of H-pyrrole nitrogens is 1. The molecule has 1 atom stereocenters. The summed E-state index contributed by atoms with van der Waals surface area (Å²) in [5.74, 6) is 0.282. The number of aromatic amines is 1. The first kappa shape index (κ1) is 23.7. The summed E-state index contributed by atoms with van der Waals surface area (Å²) in [6, 6.07) is 18.8. The summed E-state index contributed by atoms with van der Waals surface area (Å²) in [6.45, 7) is 3.02. The number of pyridine rings is 1. The molecule has 3 aromatic heterocycles. The zero-order valence-electron chi connectivity index (χ0n) is 20.5. The van der Waals surface area contributed by atoms with Gasteiger partial charge < -0.3 is 19.6 Å². The van der Waals surface area contributed by atoms with E-state index >= 15 is 0 Å². The van der Waals surface area contributed by atoms with Crippen LogP contribution in [0.4, 0.5) is 10.3 Å². The Labute approximate surface area is 219 Å². The van der Waals surface area contributed by atoms with Crippen LogP contribution in [-0.2, 0) is 11.3 Å². The molecule has 1 fully saturated rings. The van der Waals surface area contributed by atoms with Crippen LogP contribution >= 0.6 is 11.6 Å². The van der Waals surface area contributed by atoms with Crippen molar-refractivity contribution in [2.45, 2.75) is 39.0 Å². The van der Waals surface area contributed by atoms with E-state index in [2.05, 4.69) is 27.0 Å². The number of ether oxygens (including phenoxy) is 1. The highest BCUT2D eigenvalue weighted by Crippen LogP contribution is 2.37. The van der Waals surface area contributed by atoms with Gasteiger partial charge in [-0.15, -0.1) is 0 Å². The maximum absolute atomic E-state index is 14.2. The number of aromatic nitrogens is 4. The molecule has 0 spiro atoms. The van der Waals surface area contributed by atoms with Gasteiger partial charge in [-0.2, -0.15) is 0 Å². The summed E-state index contributed by atoms with van der Waals surface area (Å²) in [7, 11) is 0. The number of fused-ring (bicyclic) bond motifs is 1. The van der Waals surface area contributed by atoms with Crippen molar-refractivity contribution >= 4 is 28.5 Å². The molecule has 1 saturated heterocycles. The number of imidazole rings is 1. The number of hydrogen-bond donors (Lipinski definition) is 2. The zero-order valence-corrected chi connectivity index (χ0v) is 21.2. The highest BCUT2D eigenvalue weighted by Gasteiger charge is 2.21. The molecule has 37 heavy (non-hydrogen) atoms. The van der Waals surface area contributed by atoms with Crippen molar-refractivity contribution in [2.75, 3.05) is 11.9 Å². The van der Waals surface area contributed by atoms with Gasteiger partial charge in [0.1, 0.15) is 12.0 Å². The van der Waals surface area contributed by atoms with E-state index in [1.165, 1.54) is 6.07 Å². The number of halogens is 2. The second-order valence-corrected chi connectivity index (χ2v) is 9.76. The first-order valence-electron chi connectivity index (χ1n) is 12.5. The van der Waals surface area contributed by atoms with Crippen molar-refractivity contribution in [3.05, 3.63) is 89.0 Å². The third kappa shape index (κ3) is 4.72. The molecule has 6 rings (SSSR count). The Hall–Kier alpha value is -3.68. The lowest BCUT2D eigenvalue weighted by Crippen LogP contribution is -2.17. The smallest absolute Gasteiger partial charge is 0.201 e. The summed E-state index contributed by atoms with van der Waals surface area (Å²) >= 11 is 6.71. The van der Waals surface area contributed by atoms with Crippen molar-refractivity contribution in [3.63, 3.8) is 0 Å². The molecular formula is C29H27ClFN5O. The molecule has 0 amide bonds. The van der Waals surface area contributed by atoms with E-state index in [4.69, 9.17) is 26.3 Å². The Morgan fingerprint density at radius 1 is 1.11 bits per heavy atom. The standard InChI is InChI=1S/C29H27ClFN5O/c1-18-7-6-10-24(33-18)28-27(34-29(35-28)32-16-20-8-2-3-9-23(20)31)19-12-13-25-21(15-19)22(30)17-36(25)26-11-4-5-14-37-26/h2-3,6-10,12-13,15,17,26H,4-5,11,14,16H2,1H3,(H2,32,34,35). The van der Waals surface area contributed by atoms with Gasteiger partial charge in [-0.1, -0.05) is 41.9 Å². The van der Waals surface area contributed by atoms with Gasteiger partial charge in [-0.25, -0.2) is 9.37 Å². The van der Waals surface area contributed by atoms with Crippen LogP contribution in [0.25, 0.3) is 33.5 Å². The van der Waals surface area contributed by atoms with Gasteiger partial charge in [0, 0.05) is 41.6 Å². The van der Waals surface area contributed by atoms with E-state index in [1.54, 1.807) is 12.1 Å². The summed E-state index contributed by atoms with van der Waals surface area (Å²) in [4.78, 5) is 12.9. The lowest BCUT2D eigenvalue weighted by molar-refractivity contribution is -0.0291. The van der Waals surface area contributed by atoms with Crippen molar-refractivity contribution in [1.82, 2.24) is 19.5 Å². The minimum absolute atomic E-state index is 0.00113. The molecule has 4 heterocycles. The Bertz CT molecular complexity index is 1570. The van der Waals surface area contributed by atoms with E-state index in [9.17, 15) is 4.39 Å². The largest absolute Gasteiger partial charge is 0.358 e. The normalized spacial score (nSPS) is 15.8. The lowest BCUT2D eigenvalue weighted by Gasteiger charge is -2.24. The third-order valence-electron chi connectivity index (χ3n) is 6.78. The van der Waals surface area contributed by atoms with Gasteiger partial charge in [-0.05, 0) is 56.5 Å². The van der Waals surface area contributed by atoms with Crippen LogP contribution in [0.3, 0.4) is 0 Å². The summed E-state index contributed by atoms with van der Waals surface area (Å²) in [5, 5.41) is 4.85. The Morgan fingerprint density at radius 2 is 2.00 bits per heavy atom. The van der Waals surface area contributed by atoms with E-state index in [0.29, 0.717) is 23.1 Å². The fraction of sp³-hybridized carbons (Fsp3) is 0.241. The monoisotopic (exact) mass is 515 g/mol. The molecule has 0 bridgehead atoms. The lowest BCUT2D eigenvalue weighted by atomic mass is 10.1. The molecular weight excluding hydrogens is 489 g/mol. The second kappa shape index (κ2) is 10.00. The highest BCUT2D eigenvalue weighted by atomic mass is 35.5. The fourth-order valence-corrected chi connectivity index (χ4v) is 5.15. The molecule has 2 aromatic carbocycles. The molecule has 1 aliphatic rings. The van der Waals surface area contributed by atoms with Gasteiger partial charge in [0.05, 0.1) is 27.6 Å². The molecule has 2 N–H and O–H groups in total. The fourth-order valence-electron chi connectivity index (χ4n) is 4.90. The van der Waals surface area contributed by atoms with Crippen LogP contribution < -0.4 is 5.32 Å². The van der Waals surface area contributed by atoms with Gasteiger partial charge in [0.2, 0.25) is 5.95 Å². The van der Waals surface area contributed by atoms with Crippen molar-refractivity contribution in [2.24, 2.45) is 0 Å². The van der Waals surface area contributed by atoms with Crippen LogP contribution in [0.2, 0.25) is 5.02 Å². The maximum Gasteiger partial charge on any atom is 0.201 e. The molecule has 8 heteroatoms. The maximum atomic E-state index is 14.2.